The number of halogens is 1. The van der Waals surface area contributed by atoms with Gasteiger partial charge in [-0.15, -0.1) is 24.0 Å². The van der Waals surface area contributed by atoms with Crippen LogP contribution < -0.4 is 11.1 Å². The van der Waals surface area contributed by atoms with Crippen molar-refractivity contribution in [1.29, 1.82) is 0 Å². The number of aliphatic imine (C=N–C) groups is 1. The Hall–Kier alpha value is -1.60. The summed E-state index contributed by atoms with van der Waals surface area (Å²) < 4.78 is 5.74. The molecule has 0 aliphatic rings. The first-order chi connectivity index (χ1) is 11.4. The van der Waals surface area contributed by atoms with Crippen LogP contribution in [-0.2, 0) is 24.5 Å². The topological polar surface area (TPSA) is 59.6 Å². The lowest BCUT2D eigenvalue weighted by Gasteiger charge is -2.20. The molecule has 0 heterocycles. The Morgan fingerprint density at radius 2 is 1.44 bits per heavy atom. The van der Waals surface area contributed by atoms with Crippen LogP contribution in [-0.4, -0.2) is 11.5 Å². The molecule has 0 aliphatic carbocycles. The number of ether oxygens (including phenoxy) is 1. The normalized spacial score (nSPS) is 11.7. The summed E-state index contributed by atoms with van der Waals surface area (Å²) in [5, 5.41) is 3.15. The Morgan fingerprint density at radius 1 is 0.920 bits per heavy atom. The van der Waals surface area contributed by atoms with Crippen LogP contribution in [0.15, 0.2) is 59.6 Å². The average molecular weight is 453 g/mol. The van der Waals surface area contributed by atoms with Crippen molar-refractivity contribution < 1.29 is 4.74 Å². The van der Waals surface area contributed by atoms with Gasteiger partial charge in [0.2, 0.25) is 0 Å². The molecular formula is C20H28IN3O. The fraction of sp³-hybridized carbons (Fsp3) is 0.350. The summed E-state index contributed by atoms with van der Waals surface area (Å²) in [5.41, 5.74) is 9.26. The van der Waals surface area contributed by atoms with Crippen LogP contribution in [0.1, 0.15) is 37.5 Å². The van der Waals surface area contributed by atoms with E-state index >= 15 is 0 Å². The van der Waals surface area contributed by atoms with Crippen LogP contribution in [0.2, 0.25) is 0 Å². The Bertz CT molecular complexity index is 649. The molecular weight excluding hydrogens is 425 g/mol. The van der Waals surface area contributed by atoms with Crippen molar-refractivity contribution in [2.45, 2.75) is 46.1 Å². The number of hydrogen-bond donors (Lipinski definition) is 2. The van der Waals surface area contributed by atoms with E-state index in [4.69, 9.17) is 10.5 Å². The van der Waals surface area contributed by atoms with Gasteiger partial charge in [0.25, 0.3) is 0 Å². The monoisotopic (exact) mass is 453 g/mol. The molecule has 2 aromatic rings. The summed E-state index contributed by atoms with van der Waals surface area (Å²) in [5.74, 6) is 0.470. The van der Waals surface area contributed by atoms with Crippen molar-refractivity contribution in [1.82, 2.24) is 5.32 Å². The van der Waals surface area contributed by atoms with Crippen molar-refractivity contribution >= 4 is 29.9 Å². The lowest BCUT2D eigenvalue weighted by atomic mass is 10.1. The van der Waals surface area contributed by atoms with Gasteiger partial charge in [-0.05, 0) is 37.5 Å². The van der Waals surface area contributed by atoms with E-state index in [0.29, 0.717) is 25.7 Å². The SMILES string of the molecule is CC(C)(C)NC(N)=NCc1ccc(COCc2ccccc2)cc1.I. The van der Waals surface area contributed by atoms with Gasteiger partial charge in [0.05, 0.1) is 19.8 Å². The summed E-state index contributed by atoms with van der Waals surface area (Å²) in [6.07, 6.45) is 0. The average Bonchev–Trinajstić information content (AvgIpc) is 2.53. The second-order valence-corrected chi connectivity index (χ2v) is 6.87. The van der Waals surface area contributed by atoms with Crippen LogP contribution >= 0.6 is 24.0 Å². The van der Waals surface area contributed by atoms with Crippen molar-refractivity contribution in [3.8, 4) is 0 Å². The third kappa shape index (κ3) is 8.88. The second-order valence-electron chi connectivity index (χ2n) is 6.87. The lowest BCUT2D eigenvalue weighted by Crippen LogP contribution is -2.44. The van der Waals surface area contributed by atoms with Gasteiger partial charge in [-0.3, -0.25) is 0 Å². The van der Waals surface area contributed by atoms with Crippen LogP contribution in [0, 0.1) is 0 Å². The van der Waals surface area contributed by atoms with Crippen LogP contribution in [0.25, 0.3) is 0 Å². The van der Waals surface area contributed by atoms with Gasteiger partial charge < -0.3 is 15.8 Å². The number of guanidine groups is 1. The first kappa shape index (κ1) is 21.4. The molecule has 0 bridgehead atoms. The van der Waals surface area contributed by atoms with E-state index in [9.17, 15) is 0 Å². The van der Waals surface area contributed by atoms with Gasteiger partial charge >= 0.3 is 0 Å². The Labute approximate surface area is 167 Å². The first-order valence-electron chi connectivity index (χ1n) is 8.20. The summed E-state index contributed by atoms with van der Waals surface area (Å²) >= 11 is 0. The fourth-order valence-electron chi connectivity index (χ4n) is 2.20. The Kier molecular flexibility index (Phi) is 8.92. The minimum atomic E-state index is -0.0759. The molecule has 2 rings (SSSR count). The number of nitrogens with two attached hydrogens (primary N) is 1. The molecule has 2 aromatic carbocycles. The van der Waals surface area contributed by atoms with Crippen molar-refractivity contribution in [3.05, 3.63) is 71.3 Å². The molecule has 0 unspecified atom stereocenters. The number of nitrogens with zero attached hydrogens (tertiary/aromatic N) is 1. The molecule has 0 aliphatic heterocycles. The second kappa shape index (κ2) is 10.4. The third-order valence-electron chi connectivity index (χ3n) is 3.34. The number of rotatable bonds is 6. The summed E-state index contributed by atoms with van der Waals surface area (Å²) in [7, 11) is 0. The van der Waals surface area contributed by atoms with E-state index in [1.165, 1.54) is 5.56 Å². The lowest BCUT2D eigenvalue weighted by molar-refractivity contribution is 0.107. The van der Waals surface area contributed by atoms with E-state index in [1.54, 1.807) is 0 Å². The highest BCUT2D eigenvalue weighted by Gasteiger charge is 2.09. The highest BCUT2D eigenvalue weighted by molar-refractivity contribution is 14.0. The van der Waals surface area contributed by atoms with Crippen molar-refractivity contribution in [3.63, 3.8) is 0 Å². The molecule has 0 spiro atoms. The highest BCUT2D eigenvalue weighted by Crippen LogP contribution is 2.09. The van der Waals surface area contributed by atoms with E-state index in [0.717, 1.165) is 11.1 Å². The summed E-state index contributed by atoms with van der Waals surface area (Å²) in [6, 6.07) is 18.5. The smallest absolute Gasteiger partial charge is 0.189 e. The van der Waals surface area contributed by atoms with Gasteiger partial charge in [-0.2, -0.15) is 0 Å². The van der Waals surface area contributed by atoms with Crippen molar-refractivity contribution in [2.24, 2.45) is 10.7 Å². The van der Waals surface area contributed by atoms with Gasteiger partial charge in [0, 0.05) is 5.54 Å². The quantitative estimate of drug-likeness (QED) is 0.391. The molecule has 0 saturated carbocycles. The number of benzene rings is 2. The molecule has 0 radical (unpaired) electrons. The van der Waals surface area contributed by atoms with Crippen LogP contribution in [0.4, 0.5) is 0 Å². The van der Waals surface area contributed by atoms with E-state index in [-0.39, 0.29) is 29.5 Å². The third-order valence-corrected chi connectivity index (χ3v) is 3.34. The molecule has 136 valence electrons. The van der Waals surface area contributed by atoms with Crippen molar-refractivity contribution in [2.75, 3.05) is 0 Å². The van der Waals surface area contributed by atoms with Gasteiger partial charge in [-0.1, -0.05) is 54.6 Å². The molecule has 0 fully saturated rings. The van der Waals surface area contributed by atoms with E-state index < -0.39 is 0 Å². The van der Waals surface area contributed by atoms with Crippen LogP contribution in [0.3, 0.4) is 0 Å². The minimum Gasteiger partial charge on any atom is -0.372 e. The molecule has 0 aromatic heterocycles. The number of nitrogens with one attached hydrogen (secondary N) is 1. The maximum absolute atomic E-state index is 5.88. The zero-order valence-corrected chi connectivity index (χ0v) is 17.5. The molecule has 0 saturated heterocycles. The predicted octanol–water partition coefficient (Wildman–Crippen LogP) is 4.22. The highest BCUT2D eigenvalue weighted by atomic mass is 127. The fourth-order valence-corrected chi connectivity index (χ4v) is 2.20. The molecule has 3 N–H and O–H groups in total. The van der Waals surface area contributed by atoms with Gasteiger partial charge in [-0.25, -0.2) is 4.99 Å². The van der Waals surface area contributed by atoms with E-state index in [1.807, 2.05) is 18.2 Å². The minimum absolute atomic E-state index is 0. The molecule has 0 amide bonds. The number of hydrogen-bond acceptors (Lipinski definition) is 2. The molecule has 5 heteroatoms. The Morgan fingerprint density at radius 3 is 2.00 bits per heavy atom. The zero-order chi connectivity index (χ0) is 17.4. The molecule has 4 nitrogen and oxygen atoms in total. The largest absolute Gasteiger partial charge is 0.372 e. The maximum atomic E-state index is 5.88. The molecule has 0 atom stereocenters. The van der Waals surface area contributed by atoms with Gasteiger partial charge in [0.1, 0.15) is 0 Å². The maximum Gasteiger partial charge on any atom is 0.189 e. The molecule has 25 heavy (non-hydrogen) atoms. The Balaban J connectivity index is 0.00000312. The van der Waals surface area contributed by atoms with E-state index in [2.05, 4.69) is 67.5 Å². The summed E-state index contributed by atoms with van der Waals surface area (Å²) in [6.45, 7) is 7.97. The predicted molar refractivity (Wildman–Crippen MR) is 115 cm³/mol. The zero-order valence-electron chi connectivity index (χ0n) is 15.2. The first-order valence-corrected chi connectivity index (χ1v) is 8.20. The summed E-state index contributed by atoms with van der Waals surface area (Å²) in [4.78, 5) is 4.36. The standard InChI is InChI=1S/C20H27N3O.HI/c1-20(2,3)23-19(21)22-13-16-9-11-18(12-10-16)15-24-14-17-7-5-4-6-8-17;/h4-12H,13-15H2,1-3H3,(H3,21,22,23);1H. The van der Waals surface area contributed by atoms with Crippen LogP contribution in [0.5, 0.6) is 0 Å². The van der Waals surface area contributed by atoms with Gasteiger partial charge in [0.15, 0.2) is 5.96 Å².